The second-order valence-electron chi connectivity index (χ2n) is 6.14. The monoisotopic (exact) mass is 330 g/mol. The molecule has 1 aromatic carbocycles. The fourth-order valence-electron chi connectivity index (χ4n) is 2.79. The lowest BCUT2D eigenvalue weighted by atomic mass is 10.0. The van der Waals surface area contributed by atoms with Crippen LogP contribution in [0.3, 0.4) is 0 Å². The first-order chi connectivity index (χ1) is 11.4. The molecule has 5 heteroatoms. The van der Waals surface area contributed by atoms with Gasteiger partial charge in [0.1, 0.15) is 5.58 Å². The number of benzene rings is 1. The minimum absolute atomic E-state index is 0.0284. The summed E-state index contributed by atoms with van der Waals surface area (Å²) in [6.07, 6.45) is 1.88. The molecule has 1 aromatic heterocycles. The van der Waals surface area contributed by atoms with Crippen LogP contribution in [0.15, 0.2) is 22.8 Å². The number of hydrogen-bond donors (Lipinski definition) is 0. The van der Waals surface area contributed by atoms with Gasteiger partial charge in [-0.3, -0.25) is 9.59 Å². The van der Waals surface area contributed by atoms with Gasteiger partial charge in [0.25, 0.3) is 0 Å². The number of fused-ring (bicyclic) bond motifs is 1. The van der Waals surface area contributed by atoms with Crippen molar-refractivity contribution in [3.63, 3.8) is 0 Å². The quantitative estimate of drug-likeness (QED) is 0.818. The molecule has 0 saturated heterocycles. The zero-order valence-electron chi connectivity index (χ0n) is 15.2. The van der Waals surface area contributed by atoms with Crippen molar-refractivity contribution >= 4 is 22.8 Å². The van der Waals surface area contributed by atoms with Crippen molar-refractivity contribution in [2.75, 3.05) is 26.7 Å². The van der Waals surface area contributed by atoms with E-state index in [1.165, 1.54) is 4.90 Å². The molecule has 5 nitrogen and oxygen atoms in total. The van der Waals surface area contributed by atoms with Gasteiger partial charge in [-0.15, -0.1) is 0 Å². The predicted molar refractivity (Wildman–Crippen MR) is 95.0 cm³/mol. The zero-order valence-corrected chi connectivity index (χ0v) is 15.2. The van der Waals surface area contributed by atoms with Crippen LogP contribution in [-0.4, -0.2) is 48.3 Å². The molecule has 0 saturated carbocycles. The van der Waals surface area contributed by atoms with Crippen molar-refractivity contribution < 1.29 is 14.0 Å². The van der Waals surface area contributed by atoms with Crippen LogP contribution in [0, 0.1) is 13.8 Å². The van der Waals surface area contributed by atoms with Gasteiger partial charge in [0, 0.05) is 31.1 Å². The summed E-state index contributed by atoms with van der Waals surface area (Å²) in [4.78, 5) is 27.8. The first kappa shape index (κ1) is 18.0. The number of aryl methyl sites for hydroxylation is 2. The minimum Gasteiger partial charge on any atom is -0.464 e. The number of hydrogen-bond acceptors (Lipinski definition) is 3. The topological polar surface area (TPSA) is 53.8 Å². The highest BCUT2D eigenvalue weighted by Gasteiger charge is 2.19. The van der Waals surface area contributed by atoms with E-state index in [1.54, 1.807) is 18.2 Å². The molecule has 0 fully saturated rings. The summed E-state index contributed by atoms with van der Waals surface area (Å²) in [7, 11) is 1.67. The summed E-state index contributed by atoms with van der Waals surface area (Å²) in [5, 5.41) is 0.968. The largest absolute Gasteiger partial charge is 0.464 e. The maximum absolute atomic E-state index is 12.5. The number of nitrogens with zero attached hydrogens (tertiary/aromatic N) is 2. The summed E-state index contributed by atoms with van der Waals surface area (Å²) < 4.78 is 5.65. The van der Waals surface area contributed by atoms with Crippen LogP contribution in [0.4, 0.5) is 0 Å². The standard InChI is InChI=1S/C19H26N2O3/c1-6-21(7-2)18(23)11-20(5)17(22)10-15-12-24-19-14(4)13(3)8-9-16(15)19/h8-9,12H,6-7,10-11H2,1-5H3. The van der Waals surface area contributed by atoms with Gasteiger partial charge in [0.15, 0.2) is 0 Å². The number of furan rings is 1. The third-order valence-electron chi connectivity index (χ3n) is 4.60. The number of carbonyl (C=O) groups excluding carboxylic acids is 2. The van der Waals surface area contributed by atoms with Crippen LogP contribution >= 0.6 is 0 Å². The Morgan fingerprint density at radius 3 is 2.38 bits per heavy atom. The van der Waals surface area contributed by atoms with E-state index < -0.39 is 0 Å². The average Bonchev–Trinajstić information content (AvgIpc) is 2.95. The van der Waals surface area contributed by atoms with Crippen LogP contribution in [0.2, 0.25) is 0 Å². The van der Waals surface area contributed by atoms with Gasteiger partial charge < -0.3 is 14.2 Å². The van der Waals surface area contributed by atoms with Gasteiger partial charge in [-0.1, -0.05) is 12.1 Å². The SMILES string of the molecule is CCN(CC)C(=O)CN(C)C(=O)Cc1coc2c(C)c(C)ccc12. The summed E-state index contributed by atoms with van der Waals surface area (Å²) in [5.41, 5.74) is 3.95. The molecule has 0 radical (unpaired) electrons. The van der Waals surface area contributed by atoms with Gasteiger partial charge in [-0.2, -0.15) is 0 Å². The minimum atomic E-state index is -0.0866. The molecule has 2 aromatic rings. The molecule has 0 aliphatic heterocycles. The average molecular weight is 330 g/mol. The molecule has 0 spiro atoms. The first-order valence-electron chi connectivity index (χ1n) is 8.37. The highest BCUT2D eigenvalue weighted by molar-refractivity contribution is 5.91. The smallest absolute Gasteiger partial charge is 0.242 e. The van der Waals surface area contributed by atoms with Crippen LogP contribution in [0.25, 0.3) is 11.0 Å². The molecule has 0 N–H and O–H groups in total. The van der Waals surface area contributed by atoms with E-state index >= 15 is 0 Å². The highest BCUT2D eigenvalue weighted by atomic mass is 16.3. The summed E-state index contributed by atoms with van der Waals surface area (Å²) in [6.45, 7) is 9.34. The van der Waals surface area contributed by atoms with Crippen LogP contribution < -0.4 is 0 Å². The molecule has 1 heterocycles. The number of rotatable bonds is 6. The van der Waals surface area contributed by atoms with Crippen LogP contribution in [0.5, 0.6) is 0 Å². The fourth-order valence-corrected chi connectivity index (χ4v) is 2.79. The molecular weight excluding hydrogens is 304 g/mol. The van der Waals surface area contributed by atoms with Gasteiger partial charge in [-0.25, -0.2) is 0 Å². The summed E-state index contributed by atoms with van der Waals surface area (Å²) in [5.74, 6) is -0.115. The van der Waals surface area contributed by atoms with Crippen LogP contribution in [-0.2, 0) is 16.0 Å². The lowest BCUT2D eigenvalue weighted by Crippen LogP contribution is -2.41. The number of likely N-dealkylation sites (N-methyl/N-ethyl adjacent to an activating group) is 2. The second kappa shape index (κ2) is 7.51. The Balaban J connectivity index is 2.09. The lowest BCUT2D eigenvalue weighted by molar-refractivity contribution is -0.138. The van der Waals surface area contributed by atoms with Crippen molar-refractivity contribution in [2.24, 2.45) is 0 Å². The van der Waals surface area contributed by atoms with Gasteiger partial charge in [0.2, 0.25) is 11.8 Å². The Morgan fingerprint density at radius 1 is 1.08 bits per heavy atom. The van der Waals surface area contributed by atoms with Crippen molar-refractivity contribution in [1.29, 1.82) is 0 Å². The van der Waals surface area contributed by atoms with E-state index in [2.05, 4.69) is 0 Å². The van der Waals surface area contributed by atoms with Crippen LogP contribution in [0.1, 0.15) is 30.5 Å². The first-order valence-corrected chi connectivity index (χ1v) is 8.37. The summed E-state index contributed by atoms with van der Waals surface area (Å²) >= 11 is 0. The third kappa shape index (κ3) is 3.61. The van der Waals surface area contributed by atoms with Gasteiger partial charge in [0.05, 0.1) is 19.2 Å². The molecule has 0 unspecified atom stereocenters. The Labute approximate surface area is 143 Å². The maximum atomic E-state index is 12.5. The third-order valence-corrected chi connectivity index (χ3v) is 4.60. The zero-order chi connectivity index (χ0) is 17.9. The molecule has 2 rings (SSSR count). The molecule has 2 amide bonds. The molecule has 24 heavy (non-hydrogen) atoms. The van der Waals surface area contributed by atoms with Crippen molar-refractivity contribution in [1.82, 2.24) is 9.80 Å². The second-order valence-corrected chi connectivity index (χ2v) is 6.14. The number of carbonyl (C=O) groups is 2. The summed E-state index contributed by atoms with van der Waals surface area (Å²) in [6, 6.07) is 4.03. The van der Waals surface area contributed by atoms with E-state index in [-0.39, 0.29) is 24.8 Å². The van der Waals surface area contributed by atoms with Crippen molar-refractivity contribution in [2.45, 2.75) is 34.1 Å². The van der Waals surface area contributed by atoms with E-state index in [1.807, 2.05) is 39.8 Å². The predicted octanol–water partition coefficient (Wildman–Crippen LogP) is 2.92. The maximum Gasteiger partial charge on any atom is 0.242 e. The van der Waals surface area contributed by atoms with E-state index in [9.17, 15) is 9.59 Å². The van der Waals surface area contributed by atoms with E-state index in [4.69, 9.17) is 4.42 Å². The van der Waals surface area contributed by atoms with Gasteiger partial charge >= 0.3 is 0 Å². The van der Waals surface area contributed by atoms with E-state index in [0.29, 0.717) is 13.1 Å². The molecule has 0 bridgehead atoms. The molecular formula is C19H26N2O3. The lowest BCUT2D eigenvalue weighted by Gasteiger charge is -2.23. The molecule has 0 aliphatic rings. The van der Waals surface area contributed by atoms with Gasteiger partial charge in [-0.05, 0) is 38.8 Å². The normalized spacial score (nSPS) is 10.9. The van der Waals surface area contributed by atoms with Crippen molar-refractivity contribution in [3.05, 3.63) is 35.1 Å². The van der Waals surface area contributed by atoms with E-state index in [0.717, 1.165) is 27.7 Å². The van der Waals surface area contributed by atoms with Crippen molar-refractivity contribution in [3.8, 4) is 0 Å². The fraction of sp³-hybridized carbons (Fsp3) is 0.474. The number of amides is 2. The Morgan fingerprint density at radius 2 is 1.75 bits per heavy atom. The Kier molecular flexibility index (Phi) is 5.65. The highest BCUT2D eigenvalue weighted by Crippen LogP contribution is 2.26. The Hall–Kier alpha value is -2.30. The molecule has 130 valence electrons. The molecule has 0 atom stereocenters. The molecule has 0 aliphatic carbocycles. The Bertz CT molecular complexity index is 744.